The molecule has 2 rings (SSSR count). The second-order valence-corrected chi connectivity index (χ2v) is 7.85. The molecule has 1 N–H and O–H groups in total. The molecule has 20 heavy (non-hydrogen) atoms. The Morgan fingerprint density at radius 2 is 2.15 bits per heavy atom. The summed E-state index contributed by atoms with van der Waals surface area (Å²) in [5, 5.41) is 9.98. The average Bonchev–Trinajstić information content (AvgIpc) is 2.82. The number of rotatable bonds is 4. The van der Waals surface area contributed by atoms with Crippen LogP contribution in [-0.4, -0.2) is 33.3 Å². The van der Waals surface area contributed by atoms with E-state index in [2.05, 4.69) is 45.0 Å². The summed E-state index contributed by atoms with van der Waals surface area (Å²) in [6.07, 6.45) is 1.46. The van der Waals surface area contributed by atoms with Crippen molar-refractivity contribution in [2.24, 2.45) is 7.05 Å². The van der Waals surface area contributed by atoms with Crippen LogP contribution < -0.4 is 5.32 Å². The number of ether oxygens (including phenoxy) is 1. The Morgan fingerprint density at radius 1 is 1.45 bits per heavy atom. The van der Waals surface area contributed by atoms with E-state index in [4.69, 9.17) is 4.74 Å². The zero-order valence-electron chi connectivity index (χ0n) is 13.5. The van der Waals surface area contributed by atoms with Gasteiger partial charge in [0.1, 0.15) is 0 Å². The van der Waals surface area contributed by atoms with E-state index in [1.807, 2.05) is 23.5 Å². The molecule has 4 nitrogen and oxygen atoms in total. The van der Waals surface area contributed by atoms with Crippen LogP contribution in [0.1, 0.15) is 45.4 Å². The second-order valence-electron chi connectivity index (χ2n) is 6.62. The number of hydrogen-bond acceptors (Lipinski definition) is 4. The van der Waals surface area contributed by atoms with Gasteiger partial charge in [0.2, 0.25) is 0 Å². The van der Waals surface area contributed by atoms with Crippen LogP contribution in [0.5, 0.6) is 0 Å². The molecule has 0 radical (unpaired) electrons. The molecule has 1 aromatic rings. The lowest BCUT2D eigenvalue weighted by Crippen LogP contribution is -2.35. The number of hydrogen-bond donors (Lipinski definition) is 1. The molecule has 5 heteroatoms. The van der Waals surface area contributed by atoms with Gasteiger partial charge in [0.05, 0.1) is 16.8 Å². The van der Waals surface area contributed by atoms with Crippen LogP contribution >= 0.6 is 11.8 Å². The molecule has 0 aliphatic carbocycles. The van der Waals surface area contributed by atoms with Crippen LogP contribution in [0.2, 0.25) is 0 Å². The Labute approximate surface area is 126 Å². The fourth-order valence-corrected chi connectivity index (χ4v) is 3.72. The van der Waals surface area contributed by atoms with E-state index < -0.39 is 0 Å². The minimum atomic E-state index is 0.119. The molecule has 0 bridgehead atoms. The van der Waals surface area contributed by atoms with Gasteiger partial charge in [0.15, 0.2) is 0 Å². The Morgan fingerprint density at radius 3 is 2.70 bits per heavy atom. The van der Waals surface area contributed by atoms with Gasteiger partial charge in [-0.1, -0.05) is 0 Å². The smallest absolute Gasteiger partial charge is 0.0988 e. The maximum Gasteiger partial charge on any atom is 0.0988 e. The molecule has 0 spiro atoms. The summed E-state index contributed by atoms with van der Waals surface area (Å²) in [4.78, 5) is 0. The minimum Gasteiger partial charge on any atom is -0.377 e. The van der Waals surface area contributed by atoms with E-state index in [0.29, 0.717) is 11.4 Å². The van der Waals surface area contributed by atoms with Crippen molar-refractivity contribution in [3.63, 3.8) is 0 Å². The molecule has 114 valence electrons. The van der Waals surface area contributed by atoms with Gasteiger partial charge in [-0.3, -0.25) is 4.68 Å². The molecule has 1 fully saturated rings. The average molecular weight is 297 g/mol. The first-order chi connectivity index (χ1) is 9.28. The van der Waals surface area contributed by atoms with Crippen molar-refractivity contribution in [2.45, 2.75) is 69.5 Å². The monoisotopic (exact) mass is 297 g/mol. The van der Waals surface area contributed by atoms with Crippen LogP contribution in [0.25, 0.3) is 0 Å². The highest BCUT2D eigenvalue weighted by atomic mass is 32.2. The third kappa shape index (κ3) is 3.77. The standard InChI is InChI=1S/C15H27N3OS/c1-10-12(9-16-15(3,4)5)14(18(6)17-10)20-13-7-8-19-11(13)2/h11,13,16H,7-9H2,1-6H3. The Balaban J connectivity index is 2.14. The predicted octanol–water partition coefficient (Wildman–Crippen LogP) is 2.89. The van der Waals surface area contributed by atoms with E-state index in [1.165, 1.54) is 10.6 Å². The van der Waals surface area contributed by atoms with Crippen molar-refractivity contribution in [1.29, 1.82) is 0 Å². The zero-order valence-corrected chi connectivity index (χ0v) is 14.3. The highest BCUT2D eigenvalue weighted by Crippen LogP contribution is 2.35. The summed E-state index contributed by atoms with van der Waals surface area (Å²) in [6.45, 7) is 12.6. The molecule has 1 aliphatic heterocycles. The van der Waals surface area contributed by atoms with Crippen molar-refractivity contribution in [3.8, 4) is 0 Å². The topological polar surface area (TPSA) is 39.1 Å². The number of thioether (sulfide) groups is 1. The molecule has 0 saturated carbocycles. The van der Waals surface area contributed by atoms with Crippen LogP contribution in [0, 0.1) is 6.92 Å². The van der Waals surface area contributed by atoms with E-state index >= 15 is 0 Å². The van der Waals surface area contributed by atoms with E-state index in [0.717, 1.165) is 25.3 Å². The largest absolute Gasteiger partial charge is 0.377 e. The Hall–Kier alpha value is -0.520. The third-order valence-electron chi connectivity index (χ3n) is 3.65. The summed E-state index contributed by atoms with van der Waals surface area (Å²) >= 11 is 1.92. The molecule has 0 aromatic carbocycles. The van der Waals surface area contributed by atoms with Gasteiger partial charge in [-0.15, -0.1) is 11.8 Å². The van der Waals surface area contributed by atoms with Crippen LogP contribution in [0.4, 0.5) is 0 Å². The summed E-state index contributed by atoms with van der Waals surface area (Å²) in [7, 11) is 2.04. The lowest BCUT2D eigenvalue weighted by atomic mass is 10.1. The van der Waals surface area contributed by atoms with Crippen LogP contribution in [0.3, 0.4) is 0 Å². The molecule has 1 saturated heterocycles. The lowest BCUT2D eigenvalue weighted by molar-refractivity contribution is 0.127. The molecule has 1 aliphatic rings. The van der Waals surface area contributed by atoms with Crippen molar-refractivity contribution in [1.82, 2.24) is 15.1 Å². The lowest BCUT2D eigenvalue weighted by Gasteiger charge is -2.21. The van der Waals surface area contributed by atoms with Crippen molar-refractivity contribution < 1.29 is 4.74 Å². The minimum absolute atomic E-state index is 0.119. The number of nitrogens with zero attached hydrogens (tertiary/aromatic N) is 2. The number of aryl methyl sites for hydroxylation is 2. The molecule has 2 heterocycles. The van der Waals surface area contributed by atoms with E-state index in [1.54, 1.807) is 0 Å². The third-order valence-corrected chi connectivity index (χ3v) is 5.31. The van der Waals surface area contributed by atoms with Gasteiger partial charge in [-0.25, -0.2) is 0 Å². The first-order valence-electron chi connectivity index (χ1n) is 7.33. The van der Waals surface area contributed by atoms with Crippen molar-refractivity contribution in [3.05, 3.63) is 11.3 Å². The summed E-state index contributed by atoms with van der Waals surface area (Å²) in [6, 6.07) is 0. The van der Waals surface area contributed by atoms with Gasteiger partial charge in [-0.05, 0) is 41.0 Å². The maximum atomic E-state index is 5.67. The second kappa shape index (κ2) is 6.08. The maximum absolute atomic E-state index is 5.67. The van der Waals surface area contributed by atoms with Gasteiger partial charge in [0, 0.05) is 36.6 Å². The Kier molecular flexibility index (Phi) is 4.82. The van der Waals surface area contributed by atoms with Crippen molar-refractivity contribution in [2.75, 3.05) is 6.61 Å². The van der Waals surface area contributed by atoms with Gasteiger partial charge in [0.25, 0.3) is 0 Å². The normalized spacial score (nSPS) is 23.5. The van der Waals surface area contributed by atoms with Crippen molar-refractivity contribution >= 4 is 11.8 Å². The van der Waals surface area contributed by atoms with E-state index in [9.17, 15) is 0 Å². The SMILES string of the molecule is Cc1nn(C)c(SC2CCOC2C)c1CNC(C)(C)C. The molecular formula is C15H27N3OS. The van der Waals surface area contributed by atoms with Gasteiger partial charge < -0.3 is 10.1 Å². The zero-order chi connectivity index (χ0) is 14.9. The summed E-state index contributed by atoms with van der Waals surface area (Å²) in [5.74, 6) is 0. The fourth-order valence-electron chi connectivity index (χ4n) is 2.40. The quantitative estimate of drug-likeness (QED) is 0.927. The predicted molar refractivity (Wildman–Crippen MR) is 84.2 cm³/mol. The molecule has 1 aromatic heterocycles. The fraction of sp³-hybridized carbons (Fsp3) is 0.800. The first-order valence-corrected chi connectivity index (χ1v) is 8.21. The van der Waals surface area contributed by atoms with Gasteiger partial charge in [-0.2, -0.15) is 5.10 Å². The van der Waals surface area contributed by atoms with Gasteiger partial charge >= 0.3 is 0 Å². The molecule has 0 amide bonds. The van der Waals surface area contributed by atoms with E-state index in [-0.39, 0.29) is 5.54 Å². The summed E-state index contributed by atoms with van der Waals surface area (Å²) < 4.78 is 7.69. The molecular weight excluding hydrogens is 270 g/mol. The summed E-state index contributed by atoms with van der Waals surface area (Å²) in [5.41, 5.74) is 2.57. The van der Waals surface area contributed by atoms with Crippen LogP contribution in [0.15, 0.2) is 5.03 Å². The number of nitrogens with one attached hydrogen (secondary N) is 1. The highest BCUT2D eigenvalue weighted by molar-refractivity contribution is 8.00. The first kappa shape index (κ1) is 15.9. The molecule has 2 atom stereocenters. The highest BCUT2D eigenvalue weighted by Gasteiger charge is 2.28. The Bertz CT molecular complexity index is 464. The number of aromatic nitrogens is 2. The molecule has 2 unspecified atom stereocenters. The van der Waals surface area contributed by atoms with Crippen LogP contribution in [-0.2, 0) is 18.3 Å².